The fourth-order valence-corrected chi connectivity index (χ4v) is 3.30. The molecule has 0 spiro atoms. The van der Waals surface area contributed by atoms with Crippen LogP contribution in [0.4, 0.5) is 5.69 Å². The molecule has 1 aliphatic rings. The van der Waals surface area contributed by atoms with E-state index in [4.69, 9.17) is 16.6 Å². The third-order valence-corrected chi connectivity index (χ3v) is 4.57. The normalized spacial score (nSPS) is 16.7. The van der Waals surface area contributed by atoms with E-state index in [2.05, 4.69) is 28.9 Å². The number of aryl methyl sites for hydroxylation is 1. The van der Waals surface area contributed by atoms with Gasteiger partial charge in [-0.3, -0.25) is 0 Å². The van der Waals surface area contributed by atoms with Crippen molar-refractivity contribution in [3.63, 3.8) is 0 Å². The quantitative estimate of drug-likeness (QED) is 0.791. The smallest absolute Gasteiger partial charge is 0.164 e. The molecule has 1 aromatic heterocycles. The van der Waals surface area contributed by atoms with Gasteiger partial charge in [0, 0.05) is 25.0 Å². The second-order valence-corrected chi connectivity index (χ2v) is 6.39. The molecule has 5 heteroatoms. The monoisotopic (exact) mass is 317 g/mol. The summed E-state index contributed by atoms with van der Waals surface area (Å²) in [5, 5.41) is 1.61. The van der Waals surface area contributed by atoms with Crippen molar-refractivity contribution >= 4 is 34.2 Å². The number of aliphatic imine (C=N–C) groups is 1. The minimum absolute atomic E-state index is 0.531. The van der Waals surface area contributed by atoms with Gasteiger partial charge in [0.1, 0.15) is 5.15 Å². The van der Waals surface area contributed by atoms with Crippen molar-refractivity contribution < 1.29 is 0 Å². The molecule has 0 aliphatic carbocycles. The van der Waals surface area contributed by atoms with Crippen LogP contribution in [0, 0.1) is 6.92 Å². The van der Waals surface area contributed by atoms with E-state index in [-0.39, 0.29) is 0 Å². The molecule has 0 unspecified atom stereocenters. The fourth-order valence-electron chi connectivity index (χ4n) is 2.20. The first-order chi connectivity index (χ1) is 10.2. The van der Waals surface area contributed by atoms with Gasteiger partial charge in [0.2, 0.25) is 0 Å². The first-order valence-electron chi connectivity index (χ1n) is 6.85. The summed E-state index contributed by atoms with van der Waals surface area (Å²) in [4.78, 5) is 11.2. The Morgan fingerprint density at radius 3 is 2.90 bits per heavy atom. The molecule has 0 saturated carbocycles. The molecular formula is C16H16ClN3S. The average molecular weight is 318 g/mol. The van der Waals surface area contributed by atoms with Crippen LogP contribution < -0.4 is 0 Å². The van der Waals surface area contributed by atoms with Crippen molar-refractivity contribution in [3.8, 4) is 0 Å². The number of amidine groups is 1. The Bertz CT molecular complexity index is 655. The van der Waals surface area contributed by atoms with E-state index in [1.165, 1.54) is 5.56 Å². The van der Waals surface area contributed by atoms with Gasteiger partial charge in [-0.15, -0.1) is 0 Å². The molecule has 0 N–H and O–H groups in total. The number of rotatable bonds is 3. The largest absolute Gasteiger partial charge is 0.346 e. The molecule has 0 bridgehead atoms. The van der Waals surface area contributed by atoms with Crippen LogP contribution in [0.25, 0.3) is 0 Å². The van der Waals surface area contributed by atoms with E-state index in [9.17, 15) is 0 Å². The zero-order chi connectivity index (χ0) is 14.7. The van der Waals surface area contributed by atoms with Crippen molar-refractivity contribution in [1.29, 1.82) is 0 Å². The minimum Gasteiger partial charge on any atom is -0.346 e. The lowest BCUT2D eigenvalue weighted by atomic mass is 10.2. The van der Waals surface area contributed by atoms with E-state index < -0.39 is 0 Å². The Hall–Kier alpha value is -1.52. The molecule has 1 aromatic carbocycles. The van der Waals surface area contributed by atoms with Crippen molar-refractivity contribution in [2.24, 2.45) is 4.99 Å². The van der Waals surface area contributed by atoms with E-state index >= 15 is 0 Å². The Labute approximate surface area is 134 Å². The van der Waals surface area contributed by atoms with Gasteiger partial charge in [-0.25, -0.2) is 9.98 Å². The van der Waals surface area contributed by atoms with Gasteiger partial charge in [-0.2, -0.15) is 0 Å². The highest BCUT2D eigenvalue weighted by Gasteiger charge is 2.20. The van der Waals surface area contributed by atoms with Gasteiger partial charge in [-0.05, 0) is 30.2 Å². The SMILES string of the molecule is Cc1ccccc1N=C1SCCN1Cc1ccc(Cl)nc1. The van der Waals surface area contributed by atoms with E-state index in [0.717, 1.165) is 35.3 Å². The highest BCUT2D eigenvalue weighted by atomic mass is 35.5. The number of hydrogen-bond acceptors (Lipinski definition) is 3. The molecule has 3 nitrogen and oxygen atoms in total. The average Bonchev–Trinajstić information content (AvgIpc) is 2.91. The molecule has 0 atom stereocenters. The Kier molecular flexibility index (Phi) is 4.46. The molecule has 0 amide bonds. The number of aromatic nitrogens is 1. The third-order valence-electron chi connectivity index (χ3n) is 3.36. The van der Waals surface area contributed by atoms with E-state index in [0.29, 0.717) is 5.15 Å². The standard InChI is InChI=1S/C16H16ClN3S/c1-12-4-2-3-5-14(12)19-16-20(8-9-21-16)11-13-6-7-15(17)18-10-13/h2-7,10H,8-9,11H2,1H3. The maximum atomic E-state index is 5.83. The zero-order valence-corrected chi connectivity index (χ0v) is 13.4. The highest BCUT2D eigenvalue weighted by molar-refractivity contribution is 8.14. The van der Waals surface area contributed by atoms with E-state index in [1.807, 2.05) is 30.5 Å². The maximum absolute atomic E-state index is 5.83. The summed E-state index contributed by atoms with van der Waals surface area (Å²) < 4.78 is 0. The van der Waals surface area contributed by atoms with Crippen molar-refractivity contribution in [3.05, 3.63) is 58.9 Å². The summed E-state index contributed by atoms with van der Waals surface area (Å²) >= 11 is 7.64. The second kappa shape index (κ2) is 6.50. The molecule has 1 aliphatic heterocycles. The van der Waals surface area contributed by atoms with Crippen LogP contribution in [0.3, 0.4) is 0 Å². The number of hydrogen-bond donors (Lipinski definition) is 0. The molecular weight excluding hydrogens is 302 g/mol. The Morgan fingerprint density at radius 1 is 1.29 bits per heavy atom. The molecule has 1 saturated heterocycles. The minimum atomic E-state index is 0.531. The summed E-state index contributed by atoms with van der Waals surface area (Å²) in [5.74, 6) is 1.08. The lowest BCUT2D eigenvalue weighted by molar-refractivity contribution is 0.456. The number of benzene rings is 1. The number of pyridine rings is 1. The van der Waals surface area contributed by atoms with Crippen LogP contribution in [0.15, 0.2) is 47.6 Å². The lowest BCUT2D eigenvalue weighted by Crippen LogP contribution is -2.23. The molecule has 3 rings (SSSR count). The predicted octanol–water partition coefficient (Wildman–Crippen LogP) is 4.28. The van der Waals surface area contributed by atoms with Crippen molar-refractivity contribution in [2.75, 3.05) is 12.3 Å². The van der Waals surface area contributed by atoms with Crippen LogP contribution in [0.5, 0.6) is 0 Å². The molecule has 0 radical (unpaired) electrons. The van der Waals surface area contributed by atoms with Gasteiger partial charge in [-0.1, -0.05) is 47.6 Å². The topological polar surface area (TPSA) is 28.5 Å². The predicted molar refractivity (Wildman–Crippen MR) is 90.4 cm³/mol. The van der Waals surface area contributed by atoms with Gasteiger partial charge >= 0.3 is 0 Å². The van der Waals surface area contributed by atoms with E-state index in [1.54, 1.807) is 11.8 Å². The van der Waals surface area contributed by atoms with Crippen LogP contribution in [-0.4, -0.2) is 27.3 Å². The highest BCUT2D eigenvalue weighted by Crippen LogP contribution is 2.26. The lowest BCUT2D eigenvalue weighted by Gasteiger charge is -2.18. The summed E-state index contributed by atoms with van der Waals surface area (Å²) in [5.41, 5.74) is 3.39. The van der Waals surface area contributed by atoms with Crippen LogP contribution >= 0.6 is 23.4 Å². The molecule has 108 valence electrons. The molecule has 21 heavy (non-hydrogen) atoms. The maximum Gasteiger partial charge on any atom is 0.164 e. The molecule has 2 heterocycles. The van der Waals surface area contributed by atoms with Crippen molar-refractivity contribution in [1.82, 2.24) is 9.88 Å². The van der Waals surface area contributed by atoms with Gasteiger partial charge in [0.05, 0.1) is 5.69 Å². The Balaban J connectivity index is 1.79. The molecule has 1 fully saturated rings. The number of thioether (sulfide) groups is 1. The summed E-state index contributed by atoms with van der Waals surface area (Å²) in [6.45, 7) is 3.92. The fraction of sp³-hybridized carbons (Fsp3) is 0.250. The summed E-state index contributed by atoms with van der Waals surface area (Å²) in [6.07, 6.45) is 1.83. The number of halogens is 1. The van der Waals surface area contributed by atoms with Crippen LogP contribution in [0.1, 0.15) is 11.1 Å². The number of nitrogens with zero attached hydrogens (tertiary/aromatic N) is 3. The summed E-state index contributed by atoms with van der Waals surface area (Å²) in [7, 11) is 0. The van der Waals surface area contributed by atoms with Crippen molar-refractivity contribution in [2.45, 2.75) is 13.5 Å². The van der Waals surface area contributed by atoms with Gasteiger partial charge in [0.15, 0.2) is 5.17 Å². The Morgan fingerprint density at radius 2 is 2.14 bits per heavy atom. The van der Waals surface area contributed by atoms with Gasteiger partial charge < -0.3 is 4.90 Å². The van der Waals surface area contributed by atoms with Crippen LogP contribution in [-0.2, 0) is 6.54 Å². The van der Waals surface area contributed by atoms with Crippen LogP contribution in [0.2, 0.25) is 5.15 Å². The first kappa shape index (κ1) is 14.4. The second-order valence-electron chi connectivity index (χ2n) is 4.94. The third kappa shape index (κ3) is 3.57. The first-order valence-corrected chi connectivity index (χ1v) is 8.21. The van der Waals surface area contributed by atoms with Gasteiger partial charge in [0.25, 0.3) is 0 Å². The number of para-hydroxylation sites is 1. The zero-order valence-electron chi connectivity index (χ0n) is 11.8. The summed E-state index contributed by atoms with van der Waals surface area (Å²) in [6, 6.07) is 12.1. The molecule has 2 aromatic rings.